The molecular weight excluding hydrogens is 246 g/mol. The van der Waals surface area contributed by atoms with Gasteiger partial charge in [-0.05, 0) is 12.3 Å². The van der Waals surface area contributed by atoms with E-state index >= 15 is 0 Å². The average molecular weight is 265 g/mol. The molecule has 1 amide bonds. The van der Waals surface area contributed by atoms with Gasteiger partial charge in [0.05, 0.1) is 18.0 Å². The summed E-state index contributed by atoms with van der Waals surface area (Å²) in [5.41, 5.74) is 1.48. The van der Waals surface area contributed by atoms with Crippen LogP contribution in [0.25, 0.3) is 0 Å². The summed E-state index contributed by atoms with van der Waals surface area (Å²) in [6.45, 7) is 5.93. The fourth-order valence-corrected chi connectivity index (χ4v) is 2.60. The van der Waals surface area contributed by atoms with Gasteiger partial charge >= 0.3 is 5.97 Å². The van der Waals surface area contributed by atoms with Crippen LogP contribution in [0.4, 0.5) is 0 Å². The molecule has 1 saturated carbocycles. The highest BCUT2D eigenvalue weighted by atomic mass is 16.4. The Balaban J connectivity index is 1.97. The van der Waals surface area contributed by atoms with Crippen LogP contribution in [-0.4, -0.2) is 26.8 Å². The minimum absolute atomic E-state index is 0.194. The summed E-state index contributed by atoms with van der Waals surface area (Å²) >= 11 is 0. The van der Waals surface area contributed by atoms with Crippen LogP contribution in [0.15, 0.2) is 6.20 Å². The first-order chi connectivity index (χ1) is 8.76. The number of amides is 1. The quantitative estimate of drug-likeness (QED) is 0.839. The molecular formula is C13H19N3O3. The number of carbonyl (C=O) groups excluding carboxylic acids is 1. The Kier molecular flexibility index (Phi) is 3.12. The van der Waals surface area contributed by atoms with E-state index in [-0.39, 0.29) is 5.91 Å². The molecule has 1 heterocycles. The average Bonchev–Trinajstić information content (AvgIpc) is 2.77. The molecule has 104 valence electrons. The van der Waals surface area contributed by atoms with Crippen LogP contribution in [0.1, 0.15) is 25.1 Å². The molecule has 0 aliphatic heterocycles. The van der Waals surface area contributed by atoms with Crippen LogP contribution in [0, 0.1) is 24.2 Å². The third kappa shape index (κ3) is 2.22. The lowest BCUT2D eigenvalue weighted by Gasteiger charge is -2.05. The number of carbonyl (C=O) groups is 2. The van der Waals surface area contributed by atoms with E-state index in [4.69, 9.17) is 5.11 Å². The summed E-state index contributed by atoms with van der Waals surface area (Å²) in [4.78, 5) is 23.1. The monoisotopic (exact) mass is 265 g/mol. The molecule has 0 aromatic carbocycles. The van der Waals surface area contributed by atoms with Gasteiger partial charge in [-0.1, -0.05) is 13.8 Å². The molecule has 0 saturated heterocycles. The Morgan fingerprint density at radius 2 is 2.11 bits per heavy atom. The van der Waals surface area contributed by atoms with E-state index in [2.05, 4.69) is 10.4 Å². The summed E-state index contributed by atoms with van der Waals surface area (Å²) in [6.07, 6.45) is 1.71. The molecule has 1 aromatic heterocycles. The van der Waals surface area contributed by atoms with Gasteiger partial charge in [-0.25, -0.2) is 0 Å². The standard InChI is InChI=1S/C13H19N3O3/c1-7-8(6-15-16(7)4)5-14-11(17)9-10(12(18)19)13(9,2)3/h6,9-10H,5H2,1-4H3,(H,14,17)(H,18,19)/t9-,10+/m1/s1. The number of nitrogens with one attached hydrogen (secondary N) is 1. The molecule has 6 nitrogen and oxygen atoms in total. The number of hydrogen-bond donors (Lipinski definition) is 2. The maximum Gasteiger partial charge on any atom is 0.307 e. The predicted octanol–water partition coefficient (Wildman–Crippen LogP) is 0.702. The fraction of sp³-hybridized carbons (Fsp3) is 0.615. The van der Waals surface area contributed by atoms with E-state index in [1.165, 1.54) is 0 Å². The lowest BCUT2D eigenvalue weighted by atomic mass is 10.1. The van der Waals surface area contributed by atoms with Crippen molar-refractivity contribution >= 4 is 11.9 Å². The van der Waals surface area contributed by atoms with Crippen LogP contribution >= 0.6 is 0 Å². The van der Waals surface area contributed by atoms with Crippen LogP contribution < -0.4 is 5.32 Å². The Morgan fingerprint density at radius 1 is 1.47 bits per heavy atom. The number of rotatable bonds is 4. The summed E-state index contributed by atoms with van der Waals surface area (Å²) < 4.78 is 1.74. The number of hydrogen-bond acceptors (Lipinski definition) is 3. The number of aryl methyl sites for hydroxylation is 1. The van der Waals surface area contributed by atoms with Gasteiger partial charge in [0.15, 0.2) is 0 Å². The van der Waals surface area contributed by atoms with Crippen molar-refractivity contribution in [2.45, 2.75) is 27.3 Å². The molecule has 2 atom stereocenters. The second kappa shape index (κ2) is 4.36. The van der Waals surface area contributed by atoms with Crippen molar-refractivity contribution in [3.05, 3.63) is 17.5 Å². The lowest BCUT2D eigenvalue weighted by molar-refractivity contribution is -0.140. The third-order valence-corrected chi connectivity index (χ3v) is 4.17. The number of aromatic nitrogens is 2. The van der Waals surface area contributed by atoms with Gasteiger partial charge in [0.2, 0.25) is 5.91 Å². The highest BCUT2D eigenvalue weighted by Crippen LogP contribution is 2.58. The lowest BCUT2D eigenvalue weighted by Crippen LogP contribution is -2.27. The van der Waals surface area contributed by atoms with Gasteiger partial charge < -0.3 is 10.4 Å². The van der Waals surface area contributed by atoms with E-state index in [0.29, 0.717) is 6.54 Å². The van der Waals surface area contributed by atoms with Crippen molar-refractivity contribution in [3.63, 3.8) is 0 Å². The molecule has 0 bridgehead atoms. The van der Waals surface area contributed by atoms with Crippen LogP contribution in [-0.2, 0) is 23.2 Å². The van der Waals surface area contributed by atoms with E-state index in [1.807, 2.05) is 27.8 Å². The zero-order chi connectivity index (χ0) is 14.4. The van der Waals surface area contributed by atoms with Crippen LogP contribution in [0.2, 0.25) is 0 Å². The Bertz CT molecular complexity index is 533. The zero-order valence-electron chi connectivity index (χ0n) is 11.6. The van der Waals surface area contributed by atoms with Gasteiger partial charge in [0.1, 0.15) is 0 Å². The van der Waals surface area contributed by atoms with E-state index < -0.39 is 23.2 Å². The van der Waals surface area contributed by atoms with Gasteiger partial charge in [-0.3, -0.25) is 14.3 Å². The molecule has 2 N–H and O–H groups in total. The molecule has 1 fully saturated rings. The SMILES string of the molecule is Cc1c(CNC(=O)[C@H]2[C@@H](C(=O)O)C2(C)C)cnn1C. The summed E-state index contributed by atoms with van der Waals surface area (Å²) in [5.74, 6) is -2.12. The van der Waals surface area contributed by atoms with Crippen molar-refractivity contribution in [2.75, 3.05) is 0 Å². The van der Waals surface area contributed by atoms with Crippen molar-refractivity contribution in [2.24, 2.45) is 24.3 Å². The van der Waals surface area contributed by atoms with Gasteiger partial charge in [-0.15, -0.1) is 0 Å². The predicted molar refractivity (Wildman–Crippen MR) is 68.2 cm³/mol. The minimum Gasteiger partial charge on any atom is -0.481 e. The van der Waals surface area contributed by atoms with Crippen molar-refractivity contribution in [1.29, 1.82) is 0 Å². The summed E-state index contributed by atoms with van der Waals surface area (Å²) in [5, 5.41) is 15.9. The zero-order valence-corrected chi connectivity index (χ0v) is 11.6. The summed E-state index contributed by atoms with van der Waals surface area (Å²) in [6, 6.07) is 0. The largest absolute Gasteiger partial charge is 0.481 e. The third-order valence-electron chi connectivity index (χ3n) is 4.17. The molecule has 2 rings (SSSR count). The van der Waals surface area contributed by atoms with E-state index in [1.54, 1.807) is 10.9 Å². The topological polar surface area (TPSA) is 84.2 Å². The maximum absolute atomic E-state index is 12.0. The highest BCUT2D eigenvalue weighted by molar-refractivity contribution is 5.91. The first-order valence-corrected chi connectivity index (χ1v) is 6.24. The first-order valence-electron chi connectivity index (χ1n) is 6.24. The van der Waals surface area contributed by atoms with Crippen molar-refractivity contribution in [1.82, 2.24) is 15.1 Å². The fourth-order valence-electron chi connectivity index (χ4n) is 2.60. The van der Waals surface area contributed by atoms with E-state index in [0.717, 1.165) is 11.3 Å². The Labute approximate surface area is 111 Å². The maximum atomic E-state index is 12.0. The number of carboxylic acid groups (broad SMARTS) is 1. The normalized spacial score (nSPS) is 24.0. The molecule has 0 spiro atoms. The van der Waals surface area contributed by atoms with Crippen LogP contribution in [0.3, 0.4) is 0 Å². The molecule has 6 heteroatoms. The Morgan fingerprint density at radius 3 is 2.53 bits per heavy atom. The molecule has 1 aliphatic rings. The molecule has 0 radical (unpaired) electrons. The number of nitrogens with zero attached hydrogens (tertiary/aromatic N) is 2. The first kappa shape index (κ1) is 13.6. The summed E-state index contributed by atoms with van der Waals surface area (Å²) in [7, 11) is 1.84. The Hall–Kier alpha value is -1.85. The minimum atomic E-state index is -0.900. The van der Waals surface area contributed by atoms with Gasteiger partial charge in [0, 0.05) is 24.8 Å². The molecule has 1 aromatic rings. The second-order valence-corrected chi connectivity index (χ2v) is 5.71. The van der Waals surface area contributed by atoms with Gasteiger partial charge in [0.25, 0.3) is 0 Å². The van der Waals surface area contributed by atoms with Crippen molar-refractivity contribution < 1.29 is 14.7 Å². The molecule has 19 heavy (non-hydrogen) atoms. The van der Waals surface area contributed by atoms with Crippen LogP contribution in [0.5, 0.6) is 0 Å². The molecule has 1 aliphatic carbocycles. The van der Waals surface area contributed by atoms with Gasteiger partial charge in [-0.2, -0.15) is 5.10 Å². The van der Waals surface area contributed by atoms with E-state index in [9.17, 15) is 9.59 Å². The number of carboxylic acids is 1. The molecule has 0 unspecified atom stereocenters. The smallest absolute Gasteiger partial charge is 0.307 e. The highest BCUT2D eigenvalue weighted by Gasteiger charge is 2.65. The second-order valence-electron chi connectivity index (χ2n) is 5.71. The van der Waals surface area contributed by atoms with Crippen molar-refractivity contribution in [3.8, 4) is 0 Å². The number of aliphatic carboxylic acids is 1.